The number of hydrogen-bond donors (Lipinski definition) is 1. The maximum atomic E-state index is 12.0. The van der Waals surface area contributed by atoms with Crippen LogP contribution < -0.4 is 0 Å². The first-order valence-corrected chi connectivity index (χ1v) is 6.70. The van der Waals surface area contributed by atoms with Gasteiger partial charge in [-0.2, -0.15) is 0 Å². The van der Waals surface area contributed by atoms with Crippen molar-refractivity contribution in [3.8, 4) is 0 Å². The molecular formula is C13H21NO3. The molecule has 2 fully saturated rings. The van der Waals surface area contributed by atoms with Crippen LogP contribution in [-0.4, -0.2) is 35.0 Å². The minimum Gasteiger partial charge on any atom is -0.396 e. The van der Waals surface area contributed by atoms with Gasteiger partial charge in [0.25, 0.3) is 0 Å². The van der Waals surface area contributed by atoms with Crippen molar-refractivity contribution in [1.82, 2.24) is 4.90 Å². The van der Waals surface area contributed by atoms with Crippen molar-refractivity contribution in [2.75, 3.05) is 13.2 Å². The van der Waals surface area contributed by atoms with Crippen LogP contribution in [0.15, 0.2) is 0 Å². The van der Waals surface area contributed by atoms with Gasteiger partial charge in [-0.25, -0.2) is 0 Å². The van der Waals surface area contributed by atoms with E-state index in [-0.39, 0.29) is 30.3 Å². The maximum Gasteiger partial charge on any atom is 0.232 e. The highest BCUT2D eigenvalue weighted by Gasteiger charge is 2.44. The number of piperidine rings is 1. The summed E-state index contributed by atoms with van der Waals surface area (Å²) in [5.74, 6) is 0.363. The molecule has 1 heterocycles. The smallest absolute Gasteiger partial charge is 0.232 e. The molecular weight excluding hydrogens is 218 g/mol. The van der Waals surface area contributed by atoms with Crippen LogP contribution in [0, 0.1) is 11.8 Å². The standard InChI is InChI=1S/C13H21NO3/c15-8-4-2-1-3-7-14-12(16)10-5-6-11(9-10)13(14)17/h10-11,15H,1-9H2. The number of rotatable bonds is 6. The topological polar surface area (TPSA) is 57.6 Å². The molecule has 0 aromatic carbocycles. The second-order valence-corrected chi connectivity index (χ2v) is 5.17. The van der Waals surface area contributed by atoms with Crippen LogP contribution in [0.4, 0.5) is 0 Å². The lowest BCUT2D eigenvalue weighted by molar-refractivity contribution is -0.152. The molecule has 2 bridgehead atoms. The number of aliphatic hydroxyl groups excluding tert-OH is 1. The van der Waals surface area contributed by atoms with Gasteiger partial charge in [0.1, 0.15) is 0 Å². The summed E-state index contributed by atoms with van der Waals surface area (Å²) in [4.78, 5) is 25.4. The summed E-state index contributed by atoms with van der Waals surface area (Å²) < 4.78 is 0. The first-order chi connectivity index (χ1) is 8.24. The highest BCUT2D eigenvalue weighted by Crippen LogP contribution is 2.38. The lowest BCUT2D eigenvalue weighted by atomic mass is 9.97. The van der Waals surface area contributed by atoms with E-state index in [0.29, 0.717) is 6.54 Å². The fourth-order valence-corrected chi connectivity index (χ4v) is 2.94. The zero-order valence-corrected chi connectivity index (χ0v) is 10.2. The fraction of sp³-hybridized carbons (Fsp3) is 0.846. The molecule has 17 heavy (non-hydrogen) atoms. The van der Waals surface area contributed by atoms with Crippen LogP contribution in [0.3, 0.4) is 0 Å². The molecule has 2 aliphatic rings. The summed E-state index contributed by atoms with van der Waals surface area (Å²) in [7, 11) is 0. The van der Waals surface area contributed by atoms with Gasteiger partial charge in [-0.1, -0.05) is 12.8 Å². The third kappa shape index (κ3) is 2.68. The van der Waals surface area contributed by atoms with Gasteiger partial charge in [-0.3, -0.25) is 14.5 Å². The number of amides is 2. The van der Waals surface area contributed by atoms with E-state index >= 15 is 0 Å². The Balaban J connectivity index is 1.79. The van der Waals surface area contributed by atoms with Crippen molar-refractivity contribution in [3.63, 3.8) is 0 Å². The summed E-state index contributed by atoms with van der Waals surface area (Å²) in [6, 6.07) is 0. The van der Waals surface area contributed by atoms with E-state index in [9.17, 15) is 9.59 Å². The van der Waals surface area contributed by atoms with Crippen molar-refractivity contribution in [1.29, 1.82) is 0 Å². The second-order valence-electron chi connectivity index (χ2n) is 5.17. The molecule has 4 nitrogen and oxygen atoms in total. The second kappa shape index (κ2) is 5.63. The Morgan fingerprint density at radius 2 is 1.59 bits per heavy atom. The van der Waals surface area contributed by atoms with Crippen molar-refractivity contribution >= 4 is 11.8 Å². The summed E-state index contributed by atoms with van der Waals surface area (Å²) in [5, 5.41) is 8.66. The summed E-state index contributed by atoms with van der Waals surface area (Å²) >= 11 is 0. The molecule has 0 aromatic rings. The first-order valence-electron chi connectivity index (χ1n) is 6.70. The Labute approximate surface area is 102 Å². The van der Waals surface area contributed by atoms with Crippen LogP contribution >= 0.6 is 0 Å². The summed E-state index contributed by atoms with van der Waals surface area (Å²) in [6.07, 6.45) is 6.22. The third-order valence-electron chi connectivity index (χ3n) is 3.95. The molecule has 1 N–H and O–H groups in total. The Bertz CT molecular complexity index is 281. The SMILES string of the molecule is O=C1C2CCC(C2)C(=O)N1CCCCCCO. The van der Waals surface area contributed by atoms with E-state index in [1.807, 2.05) is 0 Å². The molecule has 1 aliphatic carbocycles. The van der Waals surface area contributed by atoms with Crippen LogP contribution in [0.2, 0.25) is 0 Å². The Morgan fingerprint density at radius 3 is 2.18 bits per heavy atom. The Kier molecular flexibility index (Phi) is 4.15. The number of unbranched alkanes of at least 4 members (excludes halogenated alkanes) is 3. The van der Waals surface area contributed by atoms with Crippen molar-refractivity contribution in [2.24, 2.45) is 11.8 Å². The highest BCUT2D eigenvalue weighted by atomic mass is 16.3. The average molecular weight is 239 g/mol. The number of nitrogens with zero attached hydrogens (tertiary/aromatic N) is 1. The number of imide groups is 1. The molecule has 2 unspecified atom stereocenters. The van der Waals surface area contributed by atoms with Gasteiger partial charge < -0.3 is 5.11 Å². The first kappa shape index (κ1) is 12.6. The van der Waals surface area contributed by atoms with Gasteiger partial charge in [0.15, 0.2) is 0 Å². The minimum absolute atomic E-state index is 0.0610. The zero-order valence-electron chi connectivity index (χ0n) is 10.2. The molecule has 0 aromatic heterocycles. The number of carbonyl (C=O) groups is 2. The molecule has 1 aliphatic heterocycles. The quantitative estimate of drug-likeness (QED) is 0.562. The molecule has 2 atom stereocenters. The summed E-state index contributed by atoms with van der Waals surface area (Å²) in [5.41, 5.74) is 0. The predicted octanol–water partition coefficient (Wildman–Crippen LogP) is 1.32. The van der Waals surface area contributed by atoms with Crippen molar-refractivity contribution < 1.29 is 14.7 Å². The molecule has 1 saturated heterocycles. The van der Waals surface area contributed by atoms with Gasteiger partial charge in [0.2, 0.25) is 11.8 Å². The largest absolute Gasteiger partial charge is 0.396 e. The highest BCUT2D eigenvalue weighted by molar-refractivity contribution is 6.00. The van der Waals surface area contributed by atoms with Crippen LogP contribution in [0.1, 0.15) is 44.9 Å². The van der Waals surface area contributed by atoms with Crippen molar-refractivity contribution in [3.05, 3.63) is 0 Å². The number of hydrogen-bond acceptors (Lipinski definition) is 3. The molecule has 96 valence electrons. The Hall–Kier alpha value is -0.900. The number of likely N-dealkylation sites (tertiary alicyclic amines) is 1. The predicted molar refractivity (Wildman–Crippen MR) is 63.1 cm³/mol. The third-order valence-corrected chi connectivity index (χ3v) is 3.95. The molecule has 2 amide bonds. The minimum atomic E-state index is 0.0610. The van der Waals surface area contributed by atoms with Crippen LogP contribution in [0.25, 0.3) is 0 Å². The lowest BCUT2D eigenvalue weighted by Gasteiger charge is -2.29. The van der Waals surface area contributed by atoms with Gasteiger partial charge in [0, 0.05) is 25.0 Å². The Morgan fingerprint density at radius 1 is 1.00 bits per heavy atom. The molecule has 0 radical (unpaired) electrons. The van der Waals surface area contributed by atoms with Gasteiger partial charge in [0.05, 0.1) is 0 Å². The average Bonchev–Trinajstić information content (AvgIpc) is 2.77. The maximum absolute atomic E-state index is 12.0. The van der Waals surface area contributed by atoms with E-state index in [0.717, 1.165) is 44.9 Å². The van der Waals surface area contributed by atoms with Crippen molar-refractivity contribution in [2.45, 2.75) is 44.9 Å². The fourth-order valence-electron chi connectivity index (χ4n) is 2.94. The van der Waals surface area contributed by atoms with Gasteiger partial charge in [-0.15, -0.1) is 0 Å². The van der Waals surface area contributed by atoms with E-state index < -0.39 is 0 Å². The molecule has 4 heteroatoms. The zero-order chi connectivity index (χ0) is 12.3. The monoisotopic (exact) mass is 239 g/mol. The number of aliphatic hydroxyl groups is 1. The molecule has 1 saturated carbocycles. The number of carbonyl (C=O) groups excluding carboxylic acids is 2. The van der Waals surface area contributed by atoms with E-state index in [4.69, 9.17) is 5.11 Å². The normalized spacial score (nSPS) is 27.9. The van der Waals surface area contributed by atoms with E-state index in [1.165, 1.54) is 4.90 Å². The van der Waals surface area contributed by atoms with Crippen LogP contribution in [-0.2, 0) is 9.59 Å². The number of fused-ring (bicyclic) bond motifs is 2. The molecule has 2 rings (SSSR count). The van der Waals surface area contributed by atoms with Crippen LogP contribution in [0.5, 0.6) is 0 Å². The molecule has 0 spiro atoms. The van der Waals surface area contributed by atoms with Gasteiger partial charge >= 0.3 is 0 Å². The lowest BCUT2D eigenvalue weighted by Crippen LogP contribution is -2.46. The van der Waals surface area contributed by atoms with Gasteiger partial charge in [-0.05, 0) is 32.1 Å². The summed E-state index contributed by atoms with van der Waals surface area (Å²) in [6.45, 7) is 0.807. The van der Waals surface area contributed by atoms with E-state index in [1.54, 1.807) is 0 Å². The van der Waals surface area contributed by atoms with E-state index in [2.05, 4.69) is 0 Å².